The molecule has 1 aromatic carbocycles. The summed E-state index contributed by atoms with van der Waals surface area (Å²) < 4.78 is 35.5. The number of nitrogens with one attached hydrogen (secondary N) is 1. The number of alkyl halides is 1. The van der Waals surface area contributed by atoms with Crippen molar-refractivity contribution in [3.05, 3.63) is 18.2 Å². The maximum atomic E-state index is 12.4. The fourth-order valence-corrected chi connectivity index (χ4v) is 4.58. The van der Waals surface area contributed by atoms with Crippen molar-refractivity contribution in [2.24, 2.45) is 14.6 Å². The summed E-state index contributed by atoms with van der Waals surface area (Å²) in [6.45, 7) is 4.32. The van der Waals surface area contributed by atoms with E-state index in [1.54, 1.807) is 12.1 Å². The molecule has 0 saturated carbocycles. The summed E-state index contributed by atoms with van der Waals surface area (Å²) in [4.78, 5) is 0.155. The van der Waals surface area contributed by atoms with Crippen molar-refractivity contribution in [3.8, 4) is 0 Å². The second-order valence-electron chi connectivity index (χ2n) is 4.83. The Balaban J connectivity index is 2.14. The topological polar surface area (TPSA) is 70.9 Å². The summed E-state index contributed by atoms with van der Waals surface area (Å²) in [5.74, 6) is 0.297. The molecule has 0 aliphatic carbocycles. The van der Waals surface area contributed by atoms with E-state index in [0.29, 0.717) is 17.3 Å². The van der Waals surface area contributed by atoms with Gasteiger partial charge in [-0.1, -0.05) is 32.8 Å². The van der Waals surface area contributed by atoms with Gasteiger partial charge in [-0.15, -0.1) is 11.6 Å². The highest BCUT2D eigenvalue weighted by Crippen LogP contribution is 2.37. The quantitative estimate of drug-likeness (QED) is 0.775. The van der Waals surface area contributed by atoms with Gasteiger partial charge in [0.2, 0.25) is 10.0 Å². The molecule has 5 nitrogen and oxygen atoms in total. The molecule has 1 aliphatic rings. The number of halogens is 1. The third kappa shape index (κ3) is 3.71. The van der Waals surface area contributed by atoms with Crippen LogP contribution in [0.5, 0.6) is 0 Å². The Bertz CT molecular complexity index is 681. The number of nitrogens with zero attached hydrogens (tertiary/aromatic N) is 2. The van der Waals surface area contributed by atoms with Crippen molar-refractivity contribution in [1.82, 2.24) is 4.72 Å². The van der Waals surface area contributed by atoms with E-state index in [9.17, 15) is 8.42 Å². The van der Waals surface area contributed by atoms with Crippen molar-refractivity contribution in [3.63, 3.8) is 0 Å². The molecule has 0 saturated heterocycles. The molecule has 0 radical (unpaired) electrons. The molecule has 1 aliphatic heterocycles. The molecule has 0 spiro atoms. The third-order valence-electron chi connectivity index (χ3n) is 3.57. The summed E-state index contributed by atoms with van der Waals surface area (Å²) in [5, 5.41) is -0.220. The van der Waals surface area contributed by atoms with Gasteiger partial charge in [-0.3, -0.25) is 0 Å². The molecule has 1 aromatic rings. The fraction of sp³-hybridized carbons (Fsp3) is 0.538. The highest BCUT2D eigenvalue weighted by molar-refractivity contribution is 7.89. The SMILES string of the molecule is CCC(CC)C(Cl)CNS(=O)(=O)c1cccc2c1N=S=N2. The number of sulfonamides is 1. The molecular formula is C13H18ClN3O2S2. The molecule has 0 bridgehead atoms. The number of hydrogen-bond donors (Lipinski definition) is 1. The van der Waals surface area contributed by atoms with Crippen molar-refractivity contribution in [1.29, 1.82) is 0 Å². The van der Waals surface area contributed by atoms with Gasteiger partial charge in [-0.2, -0.15) is 8.73 Å². The molecule has 0 fully saturated rings. The van der Waals surface area contributed by atoms with Gasteiger partial charge in [0.15, 0.2) is 0 Å². The predicted molar refractivity (Wildman–Crippen MR) is 86.9 cm³/mol. The van der Waals surface area contributed by atoms with E-state index in [0.717, 1.165) is 24.2 Å². The molecule has 2 rings (SSSR count). The first-order chi connectivity index (χ1) is 9.99. The van der Waals surface area contributed by atoms with Crippen LogP contribution in [0.2, 0.25) is 0 Å². The molecule has 1 heterocycles. The Labute approximate surface area is 134 Å². The minimum Gasteiger partial charge on any atom is -0.210 e. The zero-order chi connectivity index (χ0) is 15.5. The second kappa shape index (κ2) is 7.00. The van der Waals surface area contributed by atoms with Crippen LogP contribution in [0.4, 0.5) is 11.4 Å². The van der Waals surface area contributed by atoms with E-state index >= 15 is 0 Å². The van der Waals surface area contributed by atoms with Crippen LogP contribution >= 0.6 is 11.6 Å². The fourth-order valence-electron chi connectivity index (χ4n) is 2.23. The van der Waals surface area contributed by atoms with E-state index in [1.165, 1.54) is 6.07 Å². The average molecular weight is 348 g/mol. The van der Waals surface area contributed by atoms with Gasteiger partial charge in [0, 0.05) is 11.9 Å². The van der Waals surface area contributed by atoms with Gasteiger partial charge in [-0.05, 0) is 18.1 Å². The Hall–Kier alpha value is -0.760. The zero-order valence-corrected chi connectivity index (χ0v) is 14.3. The van der Waals surface area contributed by atoms with E-state index in [1.807, 2.05) is 0 Å². The largest absolute Gasteiger partial charge is 0.242 e. The van der Waals surface area contributed by atoms with Gasteiger partial charge in [0.25, 0.3) is 0 Å². The van der Waals surface area contributed by atoms with Gasteiger partial charge < -0.3 is 0 Å². The first-order valence-corrected chi connectivity index (χ1v) is 9.49. The van der Waals surface area contributed by atoms with Crippen LogP contribution in [0, 0.1) is 5.92 Å². The van der Waals surface area contributed by atoms with Crippen molar-refractivity contribution < 1.29 is 8.42 Å². The Morgan fingerprint density at radius 2 is 2.00 bits per heavy atom. The van der Waals surface area contributed by atoms with Crippen molar-refractivity contribution >= 4 is 44.4 Å². The first kappa shape index (κ1) is 16.6. The summed E-state index contributed by atoms with van der Waals surface area (Å²) in [6, 6.07) is 4.94. The van der Waals surface area contributed by atoms with E-state index < -0.39 is 10.0 Å². The molecule has 0 aromatic heterocycles. The lowest BCUT2D eigenvalue weighted by Crippen LogP contribution is -2.33. The number of fused-ring (bicyclic) bond motifs is 1. The lowest BCUT2D eigenvalue weighted by Gasteiger charge is -2.19. The smallest absolute Gasteiger partial charge is 0.210 e. The normalized spacial score (nSPS) is 15.0. The minimum atomic E-state index is -3.63. The van der Waals surface area contributed by atoms with Crippen molar-refractivity contribution in [2.45, 2.75) is 37.0 Å². The lowest BCUT2D eigenvalue weighted by atomic mass is 9.99. The Kier molecular flexibility index (Phi) is 5.54. The summed E-state index contributed by atoms with van der Waals surface area (Å²) >= 11 is 7.29. The average Bonchev–Trinajstić information content (AvgIpc) is 2.94. The van der Waals surface area contributed by atoms with Crippen LogP contribution in [0.25, 0.3) is 0 Å². The van der Waals surface area contributed by atoms with Gasteiger partial charge >= 0.3 is 0 Å². The molecule has 116 valence electrons. The Morgan fingerprint density at radius 3 is 2.67 bits per heavy atom. The highest BCUT2D eigenvalue weighted by atomic mass is 35.5. The van der Waals surface area contributed by atoms with Gasteiger partial charge in [0.05, 0.1) is 11.4 Å². The molecular weight excluding hydrogens is 330 g/mol. The minimum absolute atomic E-state index is 0.155. The third-order valence-corrected chi connectivity index (χ3v) is 6.08. The predicted octanol–water partition coefficient (Wildman–Crippen LogP) is 3.73. The summed E-state index contributed by atoms with van der Waals surface area (Å²) in [5.41, 5.74) is 0.994. The summed E-state index contributed by atoms with van der Waals surface area (Å²) in [7, 11) is -3.63. The van der Waals surface area contributed by atoms with E-state index in [-0.39, 0.29) is 16.8 Å². The van der Waals surface area contributed by atoms with E-state index in [2.05, 4.69) is 27.3 Å². The lowest BCUT2D eigenvalue weighted by molar-refractivity contribution is 0.460. The molecule has 1 N–H and O–H groups in total. The van der Waals surface area contributed by atoms with Crippen LogP contribution in [0.15, 0.2) is 31.8 Å². The van der Waals surface area contributed by atoms with Crippen LogP contribution in [-0.4, -0.2) is 20.3 Å². The molecule has 21 heavy (non-hydrogen) atoms. The Morgan fingerprint density at radius 1 is 1.29 bits per heavy atom. The van der Waals surface area contributed by atoms with Crippen LogP contribution < -0.4 is 4.72 Å². The molecule has 1 unspecified atom stereocenters. The standard InChI is InChI=1S/C13H18ClN3O2S2/c1-3-9(4-2)10(14)8-15-21(18,19)12-7-5-6-11-13(12)17-20-16-11/h5-7,9-10,15H,3-4,8H2,1-2H3. The van der Waals surface area contributed by atoms with Crippen molar-refractivity contribution in [2.75, 3.05) is 6.54 Å². The molecule has 1 atom stereocenters. The zero-order valence-electron chi connectivity index (χ0n) is 11.9. The van der Waals surface area contributed by atoms with Gasteiger partial charge in [0.1, 0.15) is 16.3 Å². The highest BCUT2D eigenvalue weighted by Gasteiger charge is 2.24. The maximum absolute atomic E-state index is 12.4. The second-order valence-corrected chi connectivity index (χ2v) is 7.66. The van der Waals surface area contributed by atoms with Crippen LogP contribution in [0.1, 0.15) is 26.7 Å². The van der Waals surface area contributed by atoms with Crippen LogP contribution in [-0.2, 0) is 21.4 Å². The first-order valence-electron chi connectivity index (χ1n) is 6.84. The summed E-state index contributed by atoms with van der Waals surface area (Å²) in [6.07, 6.45) is 1.86. The number of benzene rings is 1. The van der Waals surface area contributed by atoms with E-state index in [4.69, 9.17) is 11.6 Å². The monoisotopic (exact) mass is 347 g/mol. The van der Waals surface area contributed by atoms with Crippen LogP contribution in [0.3, 0.4) is 0 Å². The number of rotatable bonds is 7. The maximum Gasteiger partial charge on any atom is 0.242 e. The number of hydrogen-bond acceptors (Lipinski definition) is 4. The molecule has 8 heteroatoms. The molecule has 0 amide bonds. The van der Waals surface area contributed by atoms with Gasteiger partial charge in [-0.25, -0.2) is 13.1 Å².